The van der Waals surface area contributed by atoms with Crippen molar-refractivity contribution in [2.45, 2.75) is 57.7 Å². The van der Waals surface area contributed by atoms with Gasteiger partial charge in [0.05, 0.1) is 6.33 Å². The first kappa shape index (κ1) is 17.3. The lowest BCUT2D eigenvalue weighted by molar-refractivity contribution is -0.149. The van der Waals surface area contributed by atoms with Gasteiger partial charge in [-0.1, -0.05) is 12.1 Å². The zero-order chi connectivity index (χ0) is 18.1. The average Bonchev–Trinajstić information content (AvgIpc) is 3.29. The Labute approximate surface area is 155 Å². The summed E-state index contributed by atoms with van der Waals surface area (Å²) in [7, 11) is 0. The van der Waals surface area contributed by atoms with Crippen molar-refractivity contribution in [1.82, 2.24) is 19.4 Å². The van der Waals surface area contributed by atoms with Crippen molar-refractivity contribution in [2.24, 2.45) is 0 Å². The summed E-state index contributed by atoms with van der Waals surface area (Å²) in [5, 5.41) is 0. The molecule has 1 atom stereocenters. The molecule has 1 aromatic carbocycles. The van der Waals surface area contributed by atoms with E-state index in [1.54, 1.807) is 6.20 Å². The topological polar surface area (TPSA) is 41.4 Å². The van der Waals surface area contributed by atoms with Crippen molar-refractivity contribution in [3.05, 3.63) is 48.5 Å². The SMILES string of the molecule is CC(C)N1CCCC2(CCCN2Cc2ccc(-n3ccnc3)cc2)C1=O. The normalized spacial score (nSPS) is 24.1. The molecule has 5 heteroatoms. The molecule has 1 amide bonds. The summed E-state index contributed by atoms with van der Waals surface area (Å²) in [6.45, 7) is 7.03. The van der Waals surface area contributed by atoms with E-state index in [0.29, 0.717) is 5.91 Å². The Balaban J connectivity index is 1.53. The zero-order valence-electron chi connectivity index (χ0n) is 15.8. The first-order chi connectivity index (χ1) is 12.6. The third-order valence-electron chi connectivity index (χ3n) is 6.01. The molecule has 2 aliphatic rings. The van der Waals surface area contributed by atoms with E-state index in [4.69, 9.17) is 0 Å². The molecule has 1 aromatic heterocycles. The molecule has 0 radical (unpaired) electrons. The Hall–Kier alpha value is -2.14. The lowest BCUT2D eigenvalue weighted by Crippen LogP contribution is -2.61. The highest BCUT2D eigenvalue weighted by Gasteiger charge is 2.50. The number of carbonyl (C=O) groups excluding carboxylic acids is 1. The second-order valence-corrected chi connectivity index (χ2v) is 7.89. The quantitative estimate of drug-likeness (QED) is 0.848. The van der Waals surface area contributed by atoms with E-state index in [1.165, 1.54) is 5.56 Å². The standard InChI is InChI=1S/C21H28N4O/c1-17(2)25-13-4-10-21(20(25)26)9-3-12-24(21)15-18-5-7-19(8-6-18)23-14-11-22-16-23/h5-8,11,14,16-17H,3-4,9-10,12-13,15H2,1-2H3. The van der Waals surface area contributed by atoms with Crippen LogP contribution in [0.2, 0.25) is 0 Å². The van der Waals surface area contributed by atoms with Gasteiger partial charge in [0, 0.05) is 37.2 Å². The van der Waals surface area contributed by atoms with Gasteiger partial charge >= 0.3 is 0 Å². The zero-order valence-corrected chi connectivity index (χ0v) is 15.8. The number of rotatable bonds is 4. The number of carbonyl (C=O) groups is 1. The molecule has 2 fully saturated rings. The lowest BCUT2D eigenvalue weighted by atomic mass is 9.84. The number of amides is 1. The monoisotopic (exact) mass is 352 g/mol. The van der Waals surface area contributed by atoms with Gasteiger partial charge in [-0.15, -0.1) is 0 Å². The minimum absolute atomic E-state index is 0.272. The number of benzene rings is 1. The van der Waals surface area contributed by atoms with Gasteiger partial charge in [0.25, 0.3) is 0 Å². The van der Waals surface area contributed by atoms with E-state index in [9.17, 15) is 4.79 Å². The number of hydrogen-bond acceptors (Lipinski definition) is 3. The highest BCUT2D eigenvalue weighted by atomic mass is 16.2. The van der Waals surface area contributed by atoms with Crippen molar-refractivity contribution >= 4 is 5.91 Å². The van der Waals surface area contributed by atoms with Gasteiger partial charge in [-0.05, 0) is 63.8 Å². The first-order valence-electron chi connectivity index (χ1n) is 9.73. The predicted octanol–water partition coefficient (Wildman–Crippen LogP) is 3.24. The summed E-state index contributed by atoms with van der Waals surface area (Å²) < 4.78 is 2.01. The van der Waals surface area contributed by atoms with Crippen LogP contribution in [0.3, 0.4) is 0 Å². The molecule has 3 heterocycles. The number of imidazole rings is 1. The maximum absolute atomic E-state index is 13.3. The molecule has 0 N–H and O–H groups in total. The van der Waals surface area contributed by atoms with Crippen molar-refractivity contribution in [3.8, 4) is 5.69 Å². The van der Waals surface area contributed by atoms with Gasteiger partial charge < -0.3 is 9.47 Å². The Morgan fingerprint density at radius 1 is 1.12 bits per heavy atom. The maximum atomic E-state index is 13.3. The average molecular weight is 352 g/mol. The van der Waals surface area contributed by atoms with Crippen LogP contribution in [0.5, 0.6) is 0 Å². The van der Waals surface area contributed by atoms with Gasteiger partial charge in [-0.3, -0.25) is 9.69 Å². The molecule has 2 aliphatic heterocycles. The molecular formula is C21H28N4O. The Morgan fingerprint density at radius 3 is 2.50 bits per heavy atom. The third kappa shape index (κ3) is 2.94. The highest BCUT2D eigenvalue weighted by Crippen LogP contribution is 2.39. The number of likely N-dealkylation sites (tertiary alicyclic amines) is 2. The molecule has 4 rings (SSSR count). The summed E-state index contributed by atoms with van der Waals surface area (Å²) in [6, 6.07) is 8.90. The fourth-order valence-corrected chi connectivity index (χ4v) is 4.61. The van der Waals surface area contributed by atoms with Gasteiger partial charge in [-0.25, -0.2) is 4.98 Å². The summed E-state index contributed by atoms with van der Waals surface area (Å²) in [6.07, 6.45) is 9.78. The first-order valence-corrected chi connectivity index (χ1v) is 9.73. The Bertz CT molecular complexity index is 753. The van der Waals surface area contributed by atoms with Gasteiger partial charge in [0.2, 0.25) is 5.91 Å². The van der Waals surface area contributed by atoms with E-state index >= 15 is 0 Å². The van der Waals surface area contributed by atoms with Gasteiger partial charge in [0.15, 0.2) is 0 Å². The second-order valence-electron chi connectivity index (χ2n) is 7.89. The summed E-state index contributed by atoms with van der Waals surface area (Å²) >= 11 is 0. The number of nitrogens with zero attached hydrogens (tertiary/aromatic N) is 4. The van der Waals surface area contributed by atoms with E-state index in [1.807, 2.05) is 17.1 Å². The van der Waals surface area contributed by atoms with Crippen molar-refractivity contribution in [1.29, 1.82) is 0 Å². The smallest absolute Gasteiger partial charge is 0.243 e. The van der Waals surface area contributed by atoms with Crippen LogP contribution in [0.1, 0.15) is 45.1 Å². The highest BCUT2D eigenvalue weighted by molar-refractivity contribution is 5.87. The molecule has 0 saturated carbocycles. The molecule has 0 bridgehead atoms. The fourth-order valence-electron chi connectivity index (χ4n) is 4.61. The predicted molar refractivity (Wildman–Crippen MR) is 102 cm³/mol. The summed E-state index contributed by atoms with van der Waals surface area (Å²) in [4.78, 5) is 21.9. The van der Waals surface area contributed by atoms with E-state index in [2.05, 4.69) is 52.9 Å². The molecule has 138 valence electrons. The van der Waals surface area contributed by atoms with E-state index < -0.39 is 0 Å². The van der Waals surface area contributed by atoms with Crippen LogP contribution in [0.25, 0.3) is 5.69 Å². The second kappa shape index (κ2) is 6.88. The van der Waals surface area contributed by atoms with E-state index in [-0.39, 0.29) is 11.6 Å². The molecule has 1 unspecified atom stereocenters. The van der Waals surface area contributed by atoms with Crippen LogP contribution < -0.4 is 0 Å². The lowest BCUT2D eigenvalue weighted by Gasteiger charge is -2.46. The Kier molecular flexibility index (Phi) is 4.57. The fraction of sp³-hybridized carbons (Fsp3) is 0.524. The summed E-state index contributed by atoms with van der Waals surface area (Å²) in [5.41, 5.74) is 2.11. The third-order valence-corrected chi connectivity index (χ3v) is 6.01. The summed E-state index contributed by atoms with van der Waals surface area (Å²) in [5.74, 6) is 0.353. The minimum atomic E-state index is -0.272. The van der Waals surface area contributed by atoms with Crippen molar-refractivity contribution < 1.29 is 4.79 Å². The molecule has 26 heavy (non-hydrogen) atoms. The van der Waals surface area contributed by atoms with E-state index in [0.717, 1.165) is 51.0 Å². The number of aromatic nitrogens is 2. The molecule has 5 nitrogen and oxygen atoms in total. The van der Waals surface area contributed by atoms with Crippen LogP contribution in [0, 0.1) is 0 Å². The molecule has 1 spiro atoms. The van der Waals surface area contributed by atoms with Crippen LogP contribution >= 0.6 is 0 Å². The van der Waals surface area contributed by atoms with Gasteiger partial charge in [-0.2, -0.15) is 0 Å². The minimum Gasteiger partial charge on any atom is -0.339 e. The molecule has 2 saturated heterocycles. The molecule has 0 aliphatic carbocycles. The van der Waals surface area contributed by atoms with Crippen LogP contribution in [-0.2, 0) is 11.3 Å². The number of hydrogen-bond donors (Lipinski definition) is 0. The molecular weight excluding hydrogens is 324 g/mol. The largest absolute Gasteiger partial charge is 0.339 e. The van der Waals surface area contributed by atoms with Gasteiger partial charge in [0.1, 0.15) is 5.54 Å². The van der Waals surface area contributed by atoms with Crippen LogP contribution in [0.15, 0.2) is 43.0 Å². The number of piperidine rings is 1. The maximum Gasteiger partial charge on any atom is 0.243 e. The molecule has 2 aromatic rings. The van der Waals surface area contributed by atoms with Crippen LogP contribution in [0.4, 0.5) is 0 Å². The van der Waals surface area contributed by atoms with Crippen molar-refractivity contribution in [2.75, 3.05) is 13.1 Å². The van der Waals surface area contributed by atoms with Crippen molar-refractivity contribution in [3.63, 3.8) is 0 Å². The Morgan fingerprint density at radius 2 is 1.85 bits per heavy atom. The van der Waals surface area contributed by atoms with Crippen LogP contribution in [-0.4, -0.2) is 49.9 Å².